The molecular formula is C13H14N2O4. The van der Waals surface area contributed by atoms with Crippen LogP contribution in [0.2, 0.25) is 0 Å². The number of hydrogen-bond acceptors (Lipinski definition) is 5. The minimum Gasteiger partial charge on any atom is -0.454 e. The Balaban J connectivity index is 1.66. The van der Waals surface area contributed by atoms with Crippen molar-refractivity contribution in [3.05, 3.63) is 23.8 Å². The van der Waals surface area contributed by atoms with Crippen molar-refractivity contribution in [2.75, 3.05) is 13.3 Å². The van der Waals surface area contributed by atoms with Gasteiger partial charge >= 0.3 is 0 Å². The summed E-state index contributed by atoms with van der Waals surface area (Å²) in [5.74, 6) is 0.941. The predicted octanol–water partition coefficient (Wildman–Crippen LogP) is 0.0440. The van der Waals surface area contributed by atoms with Gasteiger partial charge in [0.2, 0.25) is 18.6 Å². The van der Waals surface area contributed by atoms with Gasteiger partial charge in [0.05, 0.1) is 12.5 Å². The third kappa shape index (κ3) is 2.15. The Morgan fingerprint density at radius 1 is 1.26 bits per heavy atom. The summed E-state index contributed by atoms with van der Waals surface area (Å²) in [6.07, 6.45) is 0.695. The van der Waals surface area contributed by atoms with Crippen molar-refractivity contribution in [2.24, 2.45) is 5.73 Å². The Kier molecular flexibility index (Phi) is 2.87. The highest BCUT2D eigenvalue weighted by Gasteiger charge is 2.35. The van der Waals surface area contributed by atoms with Gasteiger partial charge in [0.15, 0.2) is 11.5 Å². The van der Waals surface area contributed by atoms with E-state index in [4.69, 9.17) is 15.2 Å². The third-order valence-corrected chi connectivity index (χ3v) is 3.34. The fourth-order valence-corrected chi connectivity index (χ4v) is 2.28. The minimum atomic E-state index is -0.677. The number of nitrogens with two attached hydrogens (primary N) is 1. The molecule has 6 nitrogen and oxygen atoms in total. The fourth-order valence-electron chi connectivity index (χ4n) is 2.28. The summed E-state index contributed by atoms with van der Waals surface area (Å²) in [5, 5.41) is 0. The molecule has 2 N–H and O–H groups in total. The van der Waals surface area contributed by atoms with Crippen molar-refractivity contribution < 1.29 is 19.1 Å². The van der Waals surface area contributed by atoms with Crippen LogP contribution >= 0.6 is 0 Å². The van der Waals surface area contributed by atoms with E-state index < -0.39 is 6.04 Å². The zero-order valence-electron chi connectivity index (χ0n) is 10.3. The molecule has 1 fully saturated rings. The number of carbonyl (C=O) groups excluding carboxylic acids is 2. The number of hydrogen-bond donors (Lipinski definition) is 1. The van der Waals surface area contributed by atoms with Crippen LogP contribution in [0.1, 0.15) is 12.0 Å². The number of rotatable bonds is 3. The van der Waals surface area contributed by atoms with Gasteiger partial charge < -0.3 is 15.2 Å². The number of benzene rings is 1. The lowest BCUT2D eigenvalue weighted by molar-refractivity contribution is -0.138. The fraction of sp³-hybridized carbons (Fsp3) is 0.385. The van der Waals surface area contributed by atoms with Crippen LogP contribution in [-0.2, 0) is 16.0 Å². The van der Waals surface area contributed by atoms with Crippen molar-refractivity contribution in [2.45, 2.75) is 18.9 Å². The van der Waals surface area contributed by atoms with Crippen LogP contribution in [0.25, 0.3) is 0 Å². The molecule has 0 aromatic heterocycles. The molecular weight excluding hydrogens is 248 g/mol. The first-order valence-electron chi connectivity index (χ1n) is 6.13. The molecule has 0 saturated carbocycles. The van der Waals surface area contributed by atoms with Gasteiger partial charge in [0.1, 0.15) is 0 Å². The largest absolute Gasteiger partial charge is 0.454 e. The van der Waals surface area contributed by atoms with Gasteiger partial charge in [-0.1, -0.05) is 6.07 Å². The van der Waals surface area contributed by atoms with Gasteiger partial charge in [-0.2, -0.15) is 0 Å². The standard InChI is InChI=1S/C13H14N2O4/c14-9-6-12(16)15(13(9)17)4-3-8-1-2-10-11(5-8)19-7-18-10/h1-2,5,9H,3-4,6-7,14H2. The normalized spacial score (nSPS) is 21.3. The Bertz CT molecular complexity index is 543. The Morgan fingerprint density at radius 3 is 2.79 bits per heavy atom. The molecule has 19 heavy (non-hydrogen) atoms. The average Bonchev–Trinajstić information content (AvgIpc) is 2.94. The van der Waals surface area contributed by atoms with Gasteiger partial charge in [-0.3, -0.25) is 14.5 Å². The third-order valence-electron chi connectivity index (χ3n) is 3.34. The second-order valence-electron chi connectivity index (χ2n) is 4.63. The number of nitrogens with zero attached hydrogens (tertiary/aromatic N) is 1. The zero-order chi connectivity index (χ0) is 13.4. The predicted molar refractivity (Wildman–Crippen MR) is 65.6 cm³/mol. The maximum Gasteiger partial charge on any atom is 0.246 e. The second-order valence-corrected chi connectivity index (χ2v) is 4.63. The molecule has 6 heteroatoms. The Labute approximate surface area is 110 Å². The number of fused-ring (bicyclic) bond motifs is 1. The van der Waals surface area contributed by atoms with Crippen LogP contribution in [0.3, 0.4) is 0 Å². The summed E-state index contributed by atoms with van der Waals surface area (Å²) < 4.78 is 10.5. The zero-order valence-corrected chi connectivity index (χ0v) is 10.3. The molecule has 0 bridgehead atoms. The van der Waals surface area contributed by atoms with Crippen molar-refractivity contribution in [1.29, 1.82) is 0 Å². The molecule has 2 heterocycles. The lowest BCUT2D eigenvalue weighted by Crippen LogP contribution is -2.36. The lowest BCUT2D eigenvalue weighted by atomic mass is 10.1. The minimum absolute atomic E-state index is 0.111. The highest BCUT2D eigenvalue weighted by molar-refractivity contribution is 6.05. The van der Waals surface area contributed by atoms with Crippen LogP contribution in [0.15, 0.2) is 18.2 Å². The summed E-state index contributed by atoms with van der Waals surface area (Å²) in [6, 6.07) is 4.92. The van der Waals surface area contributed by atoms with Crippen LogP contribution in [-0.4, -0.2) is 36.1 Å². The van der Waals surface area contributed by atoms with Crippen molar-refractivity contribution >= 4 is 11.8 Å². The molecule has 0 aliphatic carbocycles. The van der Waals surface area contributed by atoms with Gasteiger partial charge in [-0.15, -0.1) is 0 Å². The number of carbonyl (C=O) groups is 2. The highest BCUT2D eigenvalue weighted by Crippen LogP contribution is 2.32. The quantitative estimate of drug-likeness (QED) is 0.778. The number of ether oxygens (including phenoxy) is 2. The van der Waals surface area contributed by atoms with E-state index in [1.165, 1.54) is 4.90 Å². The molecule has 1 aromatic carbocycles. The molecule has 1 saturated heterocycles. The molecule has 100 valence electrons. The van der Waals surface area contributed by atoms with E-state index in [1.54, 1.807) is 0 Å². The second kappa shape index (κ2) is 4.55. The van der Waals surface area contributed by atoms with E-state index in [-0.39, 0.29) is 25.0 Å². The molecule has 1 unspecified atom stereocenters. The van der Waals surface area contributed by atoms with E-state index in [1.807, 2.05) is 18.2 Å². The summed E-state index contributed by atoms with van der Waals surface area (Å²) in [7, 11) is 0. The van der Waals surface area contributed by atoms with E-state index >= 15 is 0 Å². The summed E-state index contributed by atoms with van der Waals surface area (Å²) in [4.78, 5) is 24.5. The molecule has 2 amide bonds. The van der Waals surface area contributed by atoms with Gasteiger partial charge in [0, 0.05) is 6.54 Å². The van der Waals surface area contributed by atoms with Crippen molar-refractivity contribution in [3.63, 3.8) is 0 Å². The number of amides is 2. The first kappa shape index (κ1) is 12.0. The van der Waals surface area contributed by atoms with Crippen LogP contribution < -0.4 is 15.2 Å². The molecule has 0 spiro atoms. The average molecular weight is 262 g/mol. The van der Waals surface area contributed by atoms with Gasteiger partial charge in [-0.05, 0) is 24.1 Å². The van der Waals surface area contributed by atoms with Crippen LogP contribution in [0, 0.1) is 0 Å². The topological polar surface area (TPSA) is 81.9 Å². The van der Waals surface area contributed by atoms with Gasteiger partial charge in [-0.25, -0.2) is 0 Å². The lowest BCUT2D eigenvalue weighted by Gasteiger charge is -2.14. The highest BCUT2D eigenvalue weighted by atomic mass is 16.7. The maximum atomic E-state index is 11.7. The van der Waals surface area contributed by atoms with Gasteiger partial charge in [0.25, 0.3) is 0 Å². The summed E-state index contributed by atoms with van der Waals surface area (Å²) in [5.41, 5.74) is 6.54. The summed E-state index contributed by atoms with van der Waals surface area (Å²) in [6.45, 7) is 0.585. The van der Waals surface area contributed by atoms with Crippen LogP contribution in [0.5, 0.6) is 11.5 Å². The van der Waals surface area contributed by atoms with E-state index in [9.17, 15) is 9.59 Å². The number of likely N-dealkylation sites (tertiary alicyclic amines) is 1. The number of imide groups is 1. The van der Waals surface area contributed by atoms with Crippen molar-refractivity contribution in [1.82, 2.24) is 4.90 Å². The van der Waals surface area contributed by atoms with E-state index in [0.717, 1.165) is 11.3 Å². The molecule has 3 rings (SSSR count). The Morgan fingerprint density at radius 2 is 2.05 bits per heavy atom. The Hall–Kier alpha value is -2.08. The summed E-state index contributed by atoms with van der Waals surface area (Å²) >= 11 is 0. The molecule has 1 aromatic rings. The smallest absolute Gasteiger partial charge is 0.246 e. The molecule has 2 aliphatic rings. The molecule has 2 aliphatic heterocycles. The van der Waals surface area contributed by atoms with Crippen molar-refractivity contribution in [3.8, 4) is 11.5 Å². The van der Waals surface area contributed by atoms with Crippen LogP contribution in [0.4, 0.5) is 0 Å². The first-order valence-corrected chi connectivity index (χ1v) is 6.13. The molecule has 0 radical (unpaired) electrons. The van der Waals surface area contributed by atoms with E-state index in [0.29, 0.717) is 18.7 Å². The van der Waals surface area contributed by atoms with E-state index in [2.05, 4.69) is 0 Å². The first-order chi connectivity index (χ1) is 9.15. The molecule has 1 atom stereocenters. The SMILES string of the molecule is NC1CC(=O)N(CCc2ccc3c(c2)OCO3)C1=O. The maximum absolute atomic E-state index is 11.7. The monoisotopic (exact) mass is 262 g/mol.